The number of hydrogen-bond acceptors (Lipinski definition) is 3. The molecule has 1 N–H and O–H groups in total. The van der Waals surface area contributed by atoms with Crippen LogP contribution in [-0.4, -0.2) is 11.7 Å². The standard InChI is InChI=1S/C15H19ClN2O2/c1-14(2,3)20-13(19)18-12-7-6-10(8-11(12)16)15(4,5)9-17/h6-8H,1-5H3,(H,18,19). The molecular formula is C15H19ClN2O2. The average Bonchev–Trinajstić information content (AvgIpc) is 2.29. The summed E-state index contributed by atoms with van der Waals surface area (Å²) in [6.45, 7) is 8.96. The largest absolute Gasteiger partial charge is 0.444 e. The molecule has 0 spiro atoms. The van der Waals surface area contributed by atoms with E-state index in [1.54, 1.807) is 52.8 Å². The van der Waals surface area contributed by atoms with Crippen LogP contribution in [-0.2, 0) is 10.2 Å². The molecule has 0 aliphatic rings. The van der Waals surface area contributed by atoms with Crippen LogP contribution in [0.25, 0.3) is 0 Å². The summed E-state index contributed by atoms with van der Waals surface area (Å²) in [5.74, 6) is 0. The Bertz CT molecular complexity index is 554. The van der Waals surface area contributed by atoms with E-state index in [9.17, 15) is 4.79 Å². The fraction of sp³-hybridized carbons (Fsp3) is 0.467. The summed E-state index contributed by atoms with van der Waals surface area (Å²) >= 11 is 6.13. The third kappa shape index (κ3) is 4.43. The van der Waals surface area contributed by atoms with Gasteiger partial charge in [0.05, 0.1) is 22.2 Å². The molecule has 0 heterocycles. The molecule has 0 aliphatic carbocycles. The minimum absolute atomic E-state index is 0.372. The van der Waals surface area contributed by atoms with Crippen LogP contribution in [0.1, 0.15) is 40.2 Å². The maximum Gasteiger partial charge on any atom is 0.412 e. The van der Waals surface area contributed by atoms with Gasteiger partial charge >= 0.3 is 6.09 Å². The number of nitrogens with one attached hydrogen (secondary N) is 1. The first-order valence-corrected chi connectivity index (χ1v) is 6.64. The maximum absolute atomic E-state index is 11.7. The molecular weight excluding hydrogens is 276 g/mol. The van der Waals surface area contributed by atoms with Crippen molar-refractivity contribution < 1.29 is 9.53 Å². The van der Waals surface area contributed by atoms with E-state index >= 15 is 0 Å². The second-order valence-corrected chi connectivity index (χ2v) is 6.47. The van der Waals surface area contributed by atoms with Crippen LogP contribution in [0.2, 0.25) is 5.02 Å². The van der Waals surface area contributed by atoms with Crippen molar-refractivity contribution in [2.45, 2.75) is 45.6 Å². The number of amides is 1. The third-order valence-corrected chi connectivity index (χ3v) is 2.92. The molecule has 0 fully saturated rings. The first-order valence-electron chi connectivity index (χ1n) is 6.26. The van der Waals surface area contributed by atoms with Gasteiger partial charge in [-0.1, -0.05) is 17.7 Å². The van der Waals surface area contributed by atoms with Crippen LogP contribution in [0.4, 0.5) is 10.5 Å². The Balaban J connectivity index is 2.90. The summed E-state index contributed by atoms with van der Waals surface area (Å²) in [6.07, 6.45) is -0.563. The van der Waals surface area contributed by atoms with Gasteiger partial charge in [0.15, 0.2) is 0 Å². The molecule has 1 amide bonds. The fourth-order valence-corrected chi connectivity index (χ4v) is 1.71. The number of rotatable bonds is 2. The molecule has 5 heteroatoms. The Morgan fingerprint density at radius 3 is 2.35 bits per heavy atom. The van der Waals surface area contributed by atoms with E-state index in [1.807, 2.05) is 0 Å². The number of benzene rings is 1. The zero-order valence-electron chi connectivity index (χ0n) is 12.4. The van der Waals surface area contributed by atoms with Gasteiger partial charge < -0.3 is 4.74 Å². The number of nitriles is 1. The van der Waals surface area contributed by atoms with E-state index < -0.39 is 17.1 Å². The first-order chi connectivity index (χ1) is 9.05. The second-order valence-electron chi connectivity index (χ2n) is 6.06. The summed E-state index contributed by atoms with van der Waals surface area (Å²) < 4.78 is 5.15. The summed E-state index contributed by atoms with van der Waals surface area (Å²) in [7, 11) is 0. The highest BCUT2D eigenvalue weighted by Gasteiger charge is 2.21. The predicted molar refractivity (Wildman–Crippen MR) is 79.9 cm³/mol. The average molecular weight is 295 g/mol. The van der Waals surface area contributed by atoms with Crippen LogP contribution in [0, 0.1) is 11.3 Å². The number of anilines is 1. The van der Waals surface area contributed by atoms with Gasteiger partial charge in [0.25, 0.3) is 0 Å². The molecule has 0 saturated carbocycles. The molecule has 0 radical (unpaired) electrons. The van der Waals surface area contributed by atoms with Gasteiger partial charge in [-0.05, 0) is 52.3 Å². The molecule has 0 aromatic heterocycles. The lowest BCUT2D eigenvalue weighted by atomic mass is 9.86. The number of carbonyl (C=O) groups is 1. The lowest BCUT2D eigenvalue weighted by Crippen LogP contribution is -2.27. The van der Waals surface area contributed by atoms with Crippen molar-refractivity contribution >= 4 is 23.4 Å². The van der Waals surface area contributed by atoms with E-state index in [4.69, 9.17) is 21.6 Å². The van der Waals surface area contributed by atoms with Crippen molar-refractivity contribution in [1.82, 2.24) is 0 Å². The summed E-state index contributed by atoms with van der Waals surface area (Å²) in [5.41, 5.74) is 0.0473. The van der Waals surface area contributed by atoms with Crippen LogP contribution in [0.5, 0.6) is 0 Å². The van der Waals surface area contributed by atoms with Gasteiger partial charge in [-0.15, -0.1) is 0 Å². The Labute approximate surface area is 124 Å². The number of nitrogens with zero attached hydrogens (tertiary/aromatic N) is 1. The molecule has 4 nitrogen and oxygen atoms in total. The van der Waals surface area contributed by atoms with E-state index in [1.165, 1.54) is 0 Å². The Kier molecular flexibility index (Phi) is 4.67. The number of hydrogen-bond donors (Lipinski definition) is 1. The molecule has 0 atom stereocenters. The minimum atomic E-state index is -0.631. The van der Waals surface area contributed by atoms with Crippen LogP contribution in [0.15, 0.2) is 18.2 Å². The fourth-order valence-electron chi connectivity index (χ4n) is 1.48. The lowest BCUT2D eigenvalue weighted by Gasteiger charge is -2.21. The monoisotopic (exact) mass is 294 g/mol. The Morgan fingerprint density at radius 2 is 1.90 bits per heavy atom. The SMILES string of the molecule is CC(C)(C)OC(=O)Nc1ccc(C(C)(C)C#N)cc1Cl. The molecule has 1 aromatic carbocycles. The molecule has 0 bridgehead atoms. The Morgan fingerprint density at radius 1 is 1.30 bits per heavy atom. The summed E-state index contributed by atoms with van der Waals surface area (Å²) in [5, 5.41) is 12.1. The zero-order chi connectivity index (χ0) is 15.6. The van der Waals surface area contributed by atoms with Crippen LogP contribution < -0.4 is 5.32 Å². The van der Waals surface area contributed by atoms with Gasteiger partial charge in [0, 0.05) is 0 Å². The van der Waals surface area contributed by atoms with Gasteiger partial charge in [0.2, 0.25) is 0 Å². The molecule has 0 unspecified atom stereocenters. The lowest BCUT2D eigenvalue weighted by molar-refractivity contribution is 0.0636. The van der Waals surface area contributed by atoms with Gasteiger partial charge in [0.1, 0.15) is 5.60 Å². The van der Waals surface area contributed by atoms with Gasteiger partial charge in [-0.3, -0.25) is 5.32 Å². The zero-order valence-corrected chi connectivity index (χ0v) is 13.1. The number of ether oxygens (including phenoxy) is 1. The molecule has 1 aromatic rings. The third-order valence-electron chi connectivity index (χ3n) is 2.61. The molecule has 108 valence electrons. The minimum Gasteiger partial charge on any atom is -0.444 e. The van der Waals surface area contributed by atoms with Crippen LogP contribution in [0.3, 0.4) is 0 Å². The first kappa shape index (κ1) is 16.3. The normalized spacial score (nSPS) is 11.7. The highest BCUT2D eigenvalue weighted by Crippen LogP contribution is 2.30. The van der Waals surface area contributed by atoms with E-state index in [0.29, 0.717) is 10.7 Å². The molecule has 20 heavy (non-hydrogen) atoms. The number of carbonyl (C=O) groups excluding carboxylic acids is 1. The molecule has 0 saturated heterocycles. The van der Waals surface area contributed by atoms with E-state index in [0.717, 1.165) is 5.56 Å². The van der Waals surface area contributed by atoms with Crippen molar-refractivity contribution in [3.63, 3.8) is 0 Å². The quantitative estimate of drug-likeness (QED) is 0.874. The number of halogens is 1. The van der Waals surface area contributed by atoms with Crippen molar-refractivity contribution in [2.75, 3.05) is 5.32 Å². The van der Waals surface area contributed by atoms with Crippen molar-refractivity contribution in [2.24, 2.45) is 0 Å². The van der Waals surface area contributed by atoms with Crippen molar-refractivity contribution in [3.05, 3.63) is 28.8 Å². The molecule has 1 rings (SSSR count). The smallest absolute Gasteiger partial charge is 0.412 e. The summed E-state index contributed by atoms with van der Waals surface area (Å²) in [4.78, 5) is 11.7. The maximum atomic E-state index is 11.7. The van der Waals surface area contributed by atoms with Crippen molar-refractivity contribution in [1.29, 1.82) is 5.26 Å². The van der Waals surface area contributed by atoms with Gasteiger partial charge in [-0.2, -0.15) is 5.26 Å². The van der Waals surface area contributed by atoms with Crippen molar-refractivity contribution in [3.8, 4) is 6.07 Å². The highest BCUT2D eigenvalue weighted by atomic mass is 35.5. The van der Waals surface area contributed by atoms with E-state index in [2.05, 4.69) is 11.4 Å². The van der Waals surface area contributed by atoms with Crippen LogP contribution >= 0.6 is 11.6 Å². The van der Waals surface area contributed by atoms with Gasteiger partial charge in [-0.25, -0.2) is 4.79 Å². The predicted octanol–water partition coefficient (Wildman–Crippen LogP) is 4.49. The Hall–Kier alpha value is -1.73. The topological polar surface area (TPSA) is 62.1 Å². The van der Waals surface area contributed by atoms with E-state index in [-0.39, 0.29) is 0 Å². The molecule has 0 aliphatic heterocycles. The summed E-state index contributed by atoms with van der Waals surface area (Å²) in [6, 6.07) is 7.32. The second kappa shape index (κ2) is 5.72. The highest BCUT2D eigenvalue weighted by molar-refractivity contribution is 6.33.